The van der Waals surface area contributed by atoms with Crippen LogP contribution >= 0.6 is 11.6 Å². The summed E-state index contributed by atoms with van der Waals surface area (Å²) in [5.74, 6) is -0.393. The molecule has 2 aliphatic rings. The Morgan fingerprint density at radius 3 is 2.53 bits per heavy atom. The average Bonchev–Trinajstić information content (AvgIpc) is 2.86. The van der Waals surface area contributed by atoms with Gasteiger partial charge in [0, 0.05) is 57.0 Å². The third kappa shape index (κ3) is 5.14. The van der Waals surface area contributed by atoms with Crippen molar-refractivity contribution in [2.75, 3.05) is 53.0 Å². The van der Waals surface area contributed by atoms with E-state index in [1.54, 1.807) is 7.11 Å². The van der Waals surface area contributed by atoms with E-state index in [1.165, 1.54) is 0 Å². The predicted octanol–water partition coefficient (Wildman–Crippen LogP) is 4.21. The smallest absolute Gasteiger partial charge is 0.254 e. The number of piperazine rings is 1. The van der Waals surface area contributed by atoms with Crippen molar-refractivity contribution in [2.45, 2.75) is 31.7 Å². The van der Waals surface area contributed by atoms with Crippen LogP contribution in [-0.2, 0) is 9.53 Å². The van der Waals surface area contributed by atoms with E-state index in [-0.39, 0.29) is 17.9 Å². The van der Waals surface area contributed by atoms with E-state index in [4.69, 9.17) is 16.3 Å². The third-order valence-corrected chi connectivity index (χ3v) is 7.18. The Labute approximate surface area is 207 Å². The van der Waals surface area contributed by atoms with Gasteiger partial charge < -0.3 is 14.5 Å². The monoisotopic (exact) mass is 483 g/mol. The molecule has 2 heterocycles. The fourth-order valence-electron chi connectivity index (χ4n) is 5.10. The van der Waals surface area contributed by atoms with Gasteiger partial charge in [-0.15, -0.1) is 0 Å². The van der Waals surface area contributed by atoms with Gasteiger partial charge in [0.15, 0.2) is 0 Å². The maximum absolute atomic E-state index is 14.1. The van der Waals surface area contributed by atoms with Crippen molar-refractivity contribution in [3.05, 3.63) is 70.2 Å². The van der Waals surface area contributed by atoms with Gasteiger partial charge in [0.1, 0.15) is 0 Å². The second kappa shape index (κ2) is 11.3. The molecule has 2 unspecified atom stereocenters. The molecule has 2 aromatic rings. The fourth-order valence-corrected chi connectivity index (χ4v) is 5.30. The zero-order valence-electron chi connectivity index (χ0n) is 20.1. The van der Waals surface area contributed by atoms with E-state index < -0.39 is 5.92 Å². The van der Waals surface area contributed by atoms with E-state index in [9.17, 15) is 9.59 Å². The molecular weight excluding hydrogens is 450 g/mol. The zero-order chi connectivity index (χ0) is 24.1. The van der Waals surface area contributed by atoms with Crippen LogP contribution in [0.2, 0.25) is 5.02 Å². The number of unbranched alkanes of at least 4 members (excludes halogenated alkanes) is 1. The van der Waals surface area contributed by atoms with Gasteiger partial charge >= 0.3 is 0 Å². The first-order valence-electron chi connectivity index (χ1n) is 12.2. The first-order valence-corrected chi connectivity index (χ1v) is 12.6. The molecule has 182 valence electrons. The Morgan fingerprint density at radius 1 is 1.06 bits per heavy atom. The molecule has 0 saturated carbocycles. The van der Waals surface area contributed by atoms with Gasteiger partial charge in [-0.3, -0.25) is 14.5 Å². The maximum atomic E-state index is 14.1. The van der Waals surface area contributed by atoms with Crippen LogP contribution in [0.4, 0.5) is 0 Å². The van der Waals surface area contributed by atoms with Crippen LogP contribution in [0.15, 0.2) is 48.5 Å². The van der Waals surface area contributed by atoms with E-state index in [0.29, 0.717) is 36.8 Å². The van der Waals surface area contributed by atoms with E-state index in [1.807, 2.05) is 58.3 Å². The molecule has 7 heteroatoms. The van der Waals surface area contributed by atoms with Crippen molar-refractivity contribution < 1.29 is 14.3 Å². The van der Waals surface area contributed by atoms with Crippen molar-refractivity contribution in [3.8, 4) is 0 Å². The normalized spacial score (nSPS) is 21.0. The first kappa shape index (κ1) is 24.7. The number of amides is 2. The van der Waals surface area contributed by atoms with Crippen LogP contribution in [-0.4, -0.2) is 79.5 Å². The topological polar surface area (TPSA) is 53.1 Å². The highest BCUT2D eigenvalue weighted by Crippen LogP contribution is 2.44. The molecule has 0 aliphatic carbocycles. The summed E-state index contributed by atoms with van der Waals surface area (Å²) in [4.78, 5) is 34.0. The van der Waals surface area contributed by atoms with E-state index >= 15 is 0 Å². The van der Waals surface area contributed by atoms with Crippen LogP contribution in [0.25, 0.3) is 0 Å². The van der Waals surface area contributed by atoms with Gasteiger partial charge in [-0.25, -0.2) is 0 Å². The Balaban J connectivity index is 1.71. The number of fused-ring (bicyclic) bond motifs is 1. The molecule has 0 bridgehead atoms. The Morgan fingerprint density at radius 2 is 1.82 bits per heavy atom. The summed E-state index contributed by atoms with van der Waals surface area (Å²) >= 11 is 6.37. The summed E-state index contributed by atoms with van der Waals surface area (Å²) in [7, 11) is 1.71. The standard InChI is InChI=1S/C27H34ClN3O3/c1-3-4-12-31-25(20-8-7-9-21(28)19-20)24(22-10-5-6-11-23(22)26(31)32)27(33)30-15-13-29(14-16-30)17-18-34-2/h5-11,19,24-25H,3-4,12-18H2,1-2H3. The molecule has 0 aromatic heterocycles. The number of carbonyl (C=O) groups excluding carboxylic acids is 2. The quantitative estimate of drug-likeness (QED) is 0.564. The number of carbonyl (C=O) groups is 2. The number of hydrogen-bond donors (Lipinski definition) is 0. The van der Waals surface area contributed by atoms with Crippen molar-refractivity contribution in [1.82, 2.24) is 14.7 Å². The number of rotatable bonds is 8. The summed E-state index contributed by atoms with van der Waals surface area (Å²) in [5, 5.41) is 0.609. The zero-order valence-corrected chi connectivity index (χ0v) is 20.8. The molecule has 6 nitrogen and oxygen atoms in total. The number of benzene rings is 2. The SMILES string of the molecule is CCCCN1C(=O)c2ccccc2C(C(=O)N2CCN(CCOC)CC2)C1c1cccc(Cl)c1. The average molecular weight is 484 g/mol. The summed E-state index contributed by atoms with van der Waals surface area (Å²) in [6, 6.07) is 14.8. The second-order valence-electron chi connectivity index (χ2n) is 9.08. The van der Waals surface area contributed by atoms with Gasteiger partial charge in [0.2, 0.25) is 5.91 Å². The third-order valence-electron chi connectivity index (χ3n) is 6.94. The van der Waals surface area contributed by atoms with Crippen LogP contribution in [0.5, 0.6) is 0 Å². The van der Waals surface area contributed by atoms with Crippen molar-refractivity contribution in [2.24, 2.45) is 0 Å². The van der Waals surface area contributed by atoms with Crippen molar-refractivity contribution in [1.29, 1.82) is 0 Å². The van der Waals surface area contributed by atoms with E-state index in [0.717, 1.165) is 43.6 Å². The largest absolute Gasteiger partial charge is 0.383 e. The molecule has 2 aliphatic heterocycles. The Hall–Kier alpha value is -2.41. The van der Waals surface area contributed by atoms with Gasteiger partial charge in [-0.1, -0.05) is 55.3 Å². The minimum absolute atomic E-state index is 0.0116. The molecule has 2 aromatic carbocycles. The highest BCUT2D eigenvalue weighted by Gasteiger charge is 2.45. The lowest BCUT2D eigenvalue weighted by Gasteiger charge is -2.44. The highest BCUT2D eigenvalue weighted by atomic mass is 35.5. The number of hydrogen-bond acceptors (Lipinski definition) is 4. The lowest BCUT2D eigenvalue weighted by Crippen LogP contribution is -2.53. The molecular formula is C27H34ClN3O3. The van der Waals surface area contributed by atoms with Crippen molar-refractivity contribution in [3.63, 3.8) is 0 Å². The molecule has 2 atom stereocenters. The summed E-state index contributed by atoms with van der Waals surface area (Å²) < 4.78 is 5.21. The van der Waals surface area contributed by atoms with Crippen LogP contribution < -0.4 is 0 Å². The van der Waals surface area contributed by atoms with Crippen LogP contribution in [0, 0.1) is 0 Å². The molecule has 1 fully saturated rings. The molecule has 1 saturated heterocycles. The summed E-state index contributed by atoms with van der Waals surface area (Å²) in [6.45, 7) is 7.27. The first-order chi connectivity index (χ1) is 16.5. The lowest BCUT2D eigenvalue weighted by atomic mass is 9.78. The van der Waals surface area contributed by atoms with Crippen molar-refractivity contribution >= 4 is 23.4 Å². The molecule has 34 heavy (non-hydrogen) atoms. The van der Waals surface area contributed by atoms with Gasteiger partial charge in [-0.2, -0.15) is 0 Å². The van der Waals surface area contributed by atoms with Crippen LogP contribution in [0.3, 0.4) is 0 Å². The molecule has 4 rings (SSSR count). The van der Waals surface area contributed by atoms with E-state index in [2.05, 4.69) is 11.8 Å². The minimum atomic E-state index is -0.463. The number of methoxy groups -OCH3 is 1. The number of nitrogens with zero attached hydrogens (tertiary/aromatic N) is 3. The van der Waals surface area contributed by atoms with Gasteiger partial charge in [0.05, 0.1) is 18.6 Å². The Bertz CT molecular complexity index is 1010. The predicted molar refractivity (Wildman–Crippen MR) is 134 cm³/mol. The van der Waals surface area contributed by atoms with Crippen LogP contribution in [0.1, 0.15) is 53.2 Å². The molecule has 0 radical (unpaired) electrons. The second-order valence-corrected chi connectivity index (χ2v) is 9.51. The fraction of sp³-hybridized carbons (Fsp3) is 0.481. The van der Waals surface area contributed by atoms with Gasteiger partial charge in [0.25, 0.3) is 5.91 Å². The summed E-state index contributed by atoms with van der Waals surface area (Å²) in [5.41, 5.74) is 2.36. The maximum Gasteiger partial charge on any atom is 0.254 e. The van der Waals surface area contributed by atoms with Gasteiger partial charge in [-0.05, 0) is 35.7 Å². The molecule has 0 spiro atoms. The summed E-state index contributed by atoms with van der Waals surface area (Å²) in [6.07, 6.45) is 1.85. The number of ether oxygens (including phenoxy) is 1. The molecule has 2 amide bonds. The number of halogens is 1. The highest BCUT2D eigenvalue weighted by molar-refractivity contribution is 6.30. The molecule has 0 N–H and O–H groups in total. The lowest BCUT2D eigenvalue weighted by molar-refractivity contribution is -0.136. The Kier molecular flexibility index (Phi) is 8.24. The minimum Gasteiger partial charge on any atom is -0.383 e.